The Balaban J connectivity index is 1.68. The van der Waals surface area contributed by atoms with E-state index < -0.39 is 0 Å². The van der Waals surface area contributed by atoms with E-state index in [0.717, 1.165) is 34.9 Å². The third kappa shape index (κ3) is 4.52. The molecular formula is C21H22N4O. The molecule has 1 aromatic heterocycles. The molecule has 0 fully saturated rings. The third-order valence-electron chi connectivity index (χ3n) is 4.08. The van der Waals surface area contributed by atoms with Gasteiger partial charge in [0.2, 0.25) is 0 Å². The number of likely N-dealkylation sites (N-methyl/N-ethyl adjacent to an activating group) is 1. The summed E-state index contributed by atoms with van der Waals surface area (Å²) >= 11 is 0. The van der Waals surface area contributed by atoms with Crippen LogP contribution in [0.5, 0.6) is 0 Å². The quantitative estimate of drug-likeness (QED) is 0.614. The summed E-state index contributed by atoms with van der Waals surface area (Å²) in [7, 11) is 0. The van der Waals surface area contributed by atoms with Crippen molar-refractivity contribution in [1.82, 2.24) is 4.98 Å². The highest BCUT2D eigenvalue weighted by Gasteiger charge is 2.03. The lowest BCUT2D eigenvalue weighted by Crippen LogP contribution is -2.25. The Labute approximate surface area is 153 Å². The van der Waals surface area contributed by atoms with E-state index in [2.05, 4.69) is 27.0 Å². The van der Waals surface area contributed by atoms with Gasteiger partial charge >= 0.3 is 0 Å². The summed E-state index contributed by atoms with van der Waals surface area (Å²) in [4.78, 5) is 6.45. The van der Waals surface area contributed by atoms with Crippen LogP contribution in [0.25, 0.3) is 11.3 Å². The Bertz CT molecular complexity index is 830. The molecule has 1 heterocycles. The SMILES string of the molecule is CCN(CCO)c1ccc(N=Nc2ccc(-c3ccccn3)cc2)cc1. The molecule has 0 unspecified atom stereocenters. The zero-order chi connectivity index (χ0) is 18.2. The monoisotopic (exact) mass is 346 g/mol. The molecule has 5 heteroatoms. The first-order chi connectivity index (χ1) is 12.8. The van der Waals surface area contributed by atoms with E-state index in [1.807, 2.05) is 66.7 Å². The van der Waals surface area contributed by atoms with E-state index >= 15 is 0 Å². The molecule has 0 aliphatic carbocycles. The lowest BCUT2D eigenvalue weighted by atomic mass is 10.1. The van der Waals surface area contributed by atoms with Gasteiger partial charge in [-0.05, 0) is 55.5 Å². The van der Waals surface area contributed by atoms with Gasteiger partial charge in [-0.2, -0.15) is 10.2 Å². The Kier molecular flexibility index (Phi) is 6.06. The van der Waals surface area contributed by atoms with Crippen LogP contribution in [0.3, 0.4) is 0 Å². The molecule has 3 aromatic rings. The number of anilines is 1. The van der Waals surface area contributed by atoms with Gasteiger partial charge < -0.3 is 10.0 Å². The maximum absolute atomic E-state index is 9.11. The minimum absolute atomic E-state index is 0.143. The maximum atomic E-state index is 9.11. The van der Waals surface area contributed by atoms with Crippen molar-refractivity contribution in [3.05, 3.63) is 72.9 Å². The number of aliphatic hydroxyl groups excluding tert-OH is 1. The molecule has 0 saturated carbocycles. The van der Waals surface area contributed by atoms with Gasteiger partial charge in [0.25, 0.3) is 0 Å². The van der Waals surface area contributed by atoms with E-state index in [-0.39, 0.29) is 6.61 Å². The molecule has 0 saturated heterocycles. The molecule has 5 nitrogen and oxygen atoms in total. The van der Waals surface area contributed by atoms with Gasteiger partial charge in [0.05, 0.1) is 23.7 Å². The fourth-order valence-electron chi connectivity index (χ4n) is 2.67. The Morgan fingerprint density at radius 3 is 2.08 bits per heavy atom. The van der Waals surface area contributed by atoms with E-state index in [1.54, 1.807) is 6.20 Å². The lowest BCUT2D eigenvalue weighted by molar-refractivity contribution is 0.302. The second kappa shape index (κ2) is 8.87. The van der Waals surface area contributed by atoms with Crippen LogP contribution in [-0.4, -0.2) is 29.8 Å². The molecular weight excluding hydrogens is 324 g/mol. The van der Waals surface area contributed by atoms with Gasteiger partial charge in [-0.1, -0.05) is 18.2 Å². The highest BCUT2D eigenvalue weighted by molar-refractivity contribution is 5.61. The molecule has 2 aromatic carbocycles. The predicted octanol–water partition coefficient (Wildman–Crippen LogP) is 4.98. The van der Waals surface area contributed by atoms with Crippen molar-refractivity contribution in [3.63, 3.8) is 0 Å². The molecule has 1 N–H and O–H groups in total. The molecule has 3 rings (SSSR count). The number of hydrogen-bond donors (Lipinski definition) is 1. The molecule has 132 valence electrons. The average molecular weight is 346 g/mol. The summed E-state index contributed by atoms with van der Waals surface area (Å²) in [6.07, 6.45) is 1.78. The predicted molar refractivity (Wildman–Crippen MR) is 105 cm³/mol. The summed E-state index contributed by atoms with van der Waals surface area (Å²) in [5, 5.41) is 17.7. The number of benzene rings is 2. The summed E-state index contributed by atoms with van der Waals surface area (Å²) < 4.78 is 0. The Morgan fingerprint density at radius 2 is 1.54 bits per heavy atom. The van der Waals surface area contributed by atoms with E-state index in [0.29, 0.717) is 6.54 Å². The van der Waals surface area contributed by atoms with Crippen LogP contribution in [0.15, 0.2) is 83.2 Å². The minimum atomic E-state index is 0.143. The van der Waals surface area contributed by atoms with Crippen LogP contribution in [0.2, 0.25) is 0 Å². The van der Waals surface area contributed by atoms with Gasteiger partial charge in [0.1, 0.15) is 0 Å². The topological polar surface area (TPSA) is 61.1 Å². The van der Waals surface area contributed by atoms with Crippen molar-refractivity contribution < 1.29 is 5.11 Å². The van der Waals surface area contributed by atoms with Gasteiger partial charge in [0, 0.05) is 30.5 Å². The van der Waals surface area contributed by atoms with Crippen LogP contribution < -0.4 is 4.90 Å². The largest absolute Gasteiger partial charge is 0.395 e. The zero-order valence-electron chi connectivity index (χ0n) is 14.8. The second-order valence-electron chi connectivity index (χ2n) is 5.78. The number of aliphatic hydroxyl groups is 1. The fraction of sp³-hybridized carbons (Fsp3) is 0.190. The number of nitrogens with zero attached hydrogens (tertiary/aromatic N) is 4. The van der Waals surface area contributed by atoms with Crippen molar-refractivity contribution in [3.8, 4) is 11.3 Å². The van der Waals surface area contributed by atoms with Crippen LogP contribution in [-0.2, 0) is 0 Å². The second-order valence-corrected chi connectivity index (χ2v) is 5.78. The van der Waals surface area contributed by atoms with Crippen LogP contribution in [0, 0.1) is 0 Å². The van der Waals surface area contributed by atoms with Crippen LogP contribution in [0.1, 0.15) is 6.92 Å². The van der Waals surface area contributed by atoms with Crippen molar-refractivity contribution in [2.75, 3.05) is 24.6 Å². The number of hydrogen-bond acceptors (Lipinski definition) is 5. The first-order valence-corrected chi connectivity index (χ1v) is 8.69. The number of aromatic nitrogens is 1. The first kappa shape index (κ1) is 17.8. The molecule has 0 aliphatic rings. The van der Waals surface area contributed by atoms with Crippen molar-refractivity contribution in [1.29, 1.82) is 0 Å². The zero-order valence-corrected chi connectivity index (χ0v) is 14.8. The molecule has 0 atom stereocenters. The van der Waals surface area contributed by atoms with Crippen LogP contribution in [0.4, 0.5) is 17.1 Å². The molecule has 26 heavy (non-hydrogen) atoms. The van der Waals surface area contributed by atoms with Gasteiger partial charge in [0.15, 0.2) is 0 Å². The standard InChI is InChI=1S/C21H22N4O/c1-2-25(15-16-26)20-12-10-19(11-13-20)24-23-18-8-6-17(7-9-18)21-5-3-4-14-22-21/h3-14,26H,2,15-16H2,1H3. The van der Waals surface area contributed by atoms with Crippen molar-refractivity contribution >= 4 is 17.1 Å². The first-order valence-electron chi connectivity index (χ1n) is 8.69. The van der Waals surface area contributed by atoms with Gasteiger partial charge in [-0.3, -0.25) is 4.98 Å². The highest BCUT2D eigenvalue weighted by Crippen LogP contribution is 2.24. The third-order valence-corrected chi connectivity index (χ3v) is 4.08. The lowest BCUT2D eigenvalue weighted by Gasteiger charge is -2.21. The van der Waals surface area contributed by atoms with Crippen molar-refractivity contribution in [2.45, 2.75) is 6.92 Å². The molecule has 0 aliphatic heterocycles. The van der Waals surface area contributed by atoms with E-state index in [4.69, 9.17) is 5.11 Å². The summed E-state index contributed by atoms with van der Waals surface area (Å²) in [6, 6.07) is 21.6. The summed E-state index contributed by atoms with van der Waals surface area (Å²) in [5.41, 5.74) is 4.65. The normalized spacial score (nSPS) is 11.0. The Hall–Kier alpha value is -3.05. The molecule has 0 bridgehead atoms. The van der Waals surface area contributed by atoms with E-state index in [1.165, 1.54) is 0 Å². The summed E-state index contributed by atoms with van der Waals surface area (Å²) in [6.45, 7) is 3.69. The highest BCUT2D eigenvalue weighted by atomic mass is 16.3. The Morgan fingerprint density at radius 1 is 0.885 bits per heavy atom. The smallest absolute Gasteiger partial charge is 0.0858 e. The van der Waals surface area contributed by atoms with E-state index in [9.17, 15) is 0 Å². The molecule has 0 amide bonds. The molecule has 0 radical (unpaired) electrons. The fourth-order valence-corrected chi connectivity index (χ4v) is 2.67. The van der Waals surface area contributed by atoms with Crippen LogP contribution >= 0.6 is 0 Å². The van der Waals surface area contributed by atoms with Crippen molar-refractivity contribution in [2.24, 2.45) is 10.2 Å². The van der Waals surface area contributed by atoms with Gasteiger partial charge in [-0.25, -0.2) is 0 Å². The average Bonchev–Trinajstić information content (AvgIpc) is 2.72. The number of pyridine rings is 1. The molecule has 0 spiro atoms. The maximum Gasteiger partial charge on any atom is 0.0858 e. The van der Waals surface area contributed by atoms with Gasteiger partial charge in [-0.15, -0.1) is 0 Å². The minimum Gasteiger partial charge on any atom is -0.395 e. The number of azo groups is 1. The number of rotatable bonds is 7. The summed E-state index contributed by atoms with van der Waals surface area (Å²) in [5.74, 6) is 0.